The van der Waals surface area contributed by atoms with E-state index in [1.54, 1.807) is 25.3 Å². The Labute approximate surface area is 139 Å². The Morgan fingerprint density at radius 1 is 1.22 bits per heavy atom. The molecule has 122 valence electrons. The topological polar surface area (TPSA) is 94.3 Å². The van der Waals surface area contributed by atoms with Crippen molar-refractivity contribution in [1.29, 1.82) is 0 Å². The second kappa shape index (κ2) is 7.55. The predicted octanol–water partition coefficient (Wildman–Crippen LogP) is 3.07. The van der Waals surface area contributed by atoms with E-state index >= 15 is 0 Å². The second-order valence-electron chi connectivity index (χ2n) is 4.47. The molecule has 1 aromatic heterocycles. The Bertz CT molecular complexity index is 709. The number of halogens is 1. The van der Waals surface area contributed by atoms with Gasteiger partial charge in [0.15, 0.2) is 11.6 Å². The average Bonchev–Trinajstić information content (AvgIpc) is 2.56. The molecule has 0 radical (unpaired) electrons. The molecule has 7 nitrogen and oxygen atoms in total. The lowest BCUT2D eigenvalue weighted by molar-refractivity contribution is 0.396. The highest BCUT2D eigenvalue weighted by Crippen LogP contribution is 2.38. The number of rotatable bonds is 7. The second-order valence-corrected chi connectivity index (χ2v) is 4.87. The minimum atomic E-state index is 0.378. The number of ether oxygens (including phenoxy) is 2. The van der Waals surface area contributed by atoms with Gasteiger partial charge in [0.25, 0.3) is 0 Å². The van der Waals surface area contributed by atoms with Crippen LogP contribution in [0, 0.1) is 0 Å². The first-order valence-corrected chi connectivity index (χ1v) is 7.12. The van der Waals surface area contributed by atoms with E-state index in [0.717, 1.165) is 0 Å². The summed E-state index contributed by atoms with van der Waals surface area (Å²) in [5.74, 6) is 2.01. The van der Waals surface area contributed by atoms with Crippen LogP contribution in [0.4, 0.5) is 23.0 Å². The molecule has 0 aliphatic heterocycles. The van der Waals surface area contributed by atoms with E-state index in [2.05, 4.69) is 27.2 Å². The van der Waals surface area contributed by atoms with Crippen molar-refractivity contribution in [2.75, 3.05) is 37.1 Å². The highest BCUT2D eigenvalue weighted by Gasteiger charge is 2.13. The molecule has 0 saturated carbocycles. The predicted molar refractivity (Wildman–Crippen MR) is 93.0 cm³/mol. The summed E-state index contributed by atoms with van der Waals surface area (Å²) in [4.78, 5) is 8.24. The molecule has 8 heteroatoms. The van der Waals surface area contributed by atoms with Crippen LogP contribution < -0.4 is 25.8 Å². The van der Waals surface area contributed by atoms with Gasteiger partial charge in [-0.25, -0.2) is 9.97 Å². The summed E-state index contributed by atoms with van der Waals surface area (Å²) in [5, 5.41) is 6.57. The molecule has 2 rings (SSSR count). The van der Waals surface area contributed by atoms with Crippen LogP contribution in [0.2, 0.25) is 5.02 Å². The SMILES string of the molecule is C=CCNc1ncnc(Nc2cc(Cl)c(OC)cc2OC)c1N. The number of nitrogens with zero attached hydrogens (tertiary/aromatic N) is 2. The Kier molecular flexibility index (Phi) is 5.48. The highest BCUT2D eigenvalue weighted by atomic mass is 35.5. The number of nitrogens with one attached hydrogen (secondary N) is 2. The zero-order valence-electron chi connectivity index (χ0n) is 12.9. The number of benzene rings is 1. The maximum atomic E-state index is 6.16. The third-order valence-corrected chi connectivity index (χ3v) is 3.32. The fraction of sp³-hybridized carbons (Fsp3) is 0.200. The van der Waals surface area contributed by atoms with E-state index in [1.807, 2.05) is 0 Å². The van der Waals surface area contributed by atoms with Crippen molar-refractivity contribution in [2.24, 2.45) is 0 Å². The number of methoxy groups -OCH3 is 2. The summed E-state index contributed by atoms with van der Waals surface area (Å²) in [6.07, 6.45) is 3.11. The van der Waals surface area contributed by atoms with Crippen molar-refractivity contribution in [2.45, 2.75) is 0 Å². The molecule has 0 bridgehead atoms. The van der Waals surface area contributed by atoms with E-state index in [0.29, 0.717) is 46.1 Å². The van der Waals surface area contributed by atoms with Crippen LogP contribution in [0.25, 0.3) is 0 Å². The maximum Gasteiger partial charge on any atom is 0.159 e. The van der Waals surface area contributed by atoms with Gasteiger partial charge in [0.2, 0.25) is 0 Å². The minimum Gasteiger partial charge on any atom is -0.495 e. The molecule has 1 aromatic carbocycles. The monoisotopic (exact) mass is 335 g/mol. The molecular weight excluding hydrogens is 318 g/mol. The van der Waals surface area contributed by atoms with Crippen LogP contribution in [0.15, 0.2) is 31.1 Å². The third-order valence-electron chi connectivity index (χ3n) is 3.02. The summed E-state index contributed by atoms with van der Waals surface area (Å²) >= 11 is 6.16. The van der Waals surface area contributed by atoms with Crippen LogP contribution in [0.3, 0.4) is 0 Å². The molecule has 0 unspecified atom stereocenters. The van der Waals surface area contributed by atoms with Gasteiger partial charge in [-0.15, -0.1) is 6.58 Å². The number of hydrogen-bond donors (Lipinski definition) is 3. The molecule has 0 saturated heterocycles. The summed E-state index contributed by atoms with van der Waals surface area (Å²) < 4.78 is 10.5. The standard InChI is InChI=1S/C15H18ClN5O2/c1-4-5-18-14-13(17)15(20-8-19-14)21-10-6-9(16)11(22-2)7-12(10)23-3/h4,6-8H,1,5,17H2,2-3H3,(H2,18,19,20,21). The van der Waals surface area contributed by atoms with Crippen LogP contribution in [-0.4, -0.2) is 30.7 Å². The lowest BCUT2D eigenvalue weighted by Crippen LogP contribution is -2.08. The molecule has 0 aliphatic rings. The molecule has 0 amide bonds. The van der Waals surface area contributed by atoms with Crippen molar-refractivity contribution >= 4 is 34.6 Å². The maximum absolute atomic E-state index is 6.16. The van der Waals surface area contributed by atoms with Gasteiger partial charge in [-0.05, 0) is 6.07 Å². The van der Waals surface area contributed by atoms with Gasteiger partial charge in [0.05, 0.1) is 24.9 Å². The Hall–Kier alpha value is -2.67. The average molecular weight is 336 g/mol. The minimum absolute atomic E-state index is 0.378. The zero-order chi connectivity index (χ0) is 16.8. The zero-order valence-corrected chi connectivity index (χ0v) is 13.6. The molecule has 0 aliphatic carbocycles. The summed E-state index contributed by atoms with van der Waals surface area (Å²) in [5.41, 5.74) is 7.06. The van der Waals surface area contributed by atoms with Crippen molar-refractivity contribution in [1.82, 2.24) is 9.97 Å². The smallest absolute Gasteiger partial charge is 0.159 e. The van der Waals surface area contributed by atoms with Crippen LogP contribution in [0.5, 0.6) is 11.5 Å². The number of aromatic nitrogens is 2. The Balaban J connectivity index is 2.35. The van der Waals surface area contributed by atoms with Crippen molar-refractivity contribution < 1.29 is 9.47 Å². The van der Waals surface area contributed by atoms with Crippen molar-refractivity contribution in [3.8, 4) is 11.5 Å². The molecule has 0 atom stereocenters. The van der Waals surface area contributed by atoms with Gasteiger partial charge >= 0.3 is 0 Å². The lowest BCUT2D eigenvalue weighted by Gasteiger charge is -2.15. The first-order valence-electron chi connectivity index (χ1n) is 6.74. The van der Waals surface area contributed by atoms with Crippen LogP contribution in [0.1, 0.15) is 0 Å². The normalized spacial score (nSPS) is 10.0. The quantitative estimate of drug-likeness (QED) is 0.669. The molecule has 4 N–H and O–H groups in total. The van der Waals surface area contributed by atoms with E-state index in [9.17, 15) is 0 Å². The molecule has 0 fully saturated rings. The number of nitrogens with two attached hydrogens (primary N) is 1. The number of hydrogen-bond acceptors (Lipinski definition) is 7. The summed E-state index contributed by atoms with van der Waals surface area (Å²) in [7, 11) is 3.09. The summed E-state index contributed by atoms with van der Waals surface area (Å²) in [6, 6.07) is 3.36. The largest absolute Gasteiger partial charge is 0.495 e. The lowest BCUT2D eigenvalue weighted by atomic mass is 10.2. The van der Waals surface area contributed by atoms with E-state index in [4.69, 9.17) is 26.8 Å². The van der Waals surface area contributed by atoms with Crippen LogP contribution in [-0.2, 0) is 0 Å². The molecular formula is C15H18ClN5O2. The van der Waals surface area contributed by atoms with Gasteiger partial charge in [-0.2, -0.15) is 0 Å². The molecule has 1 heterocycles. The van der Waals surface area contributed by atoms with Crippen molar-refractivity contribution in [3.63, 3.8) is 0 Å². The Morgan fingerprint density at radius 2 is 1.91 bits per heavy atom. The van der Waals surface area contributed by atoms with Gasteiger partial charge in [-0.1, -0.05) is 17.7 Å². The van der Waals surface area contributed by atoms with Gasteiger partial charge < -0.3 is 25.8 Å². The van der Waals surface area contributed by atoms with Gasteiger partial charge in [-0.3, -0.25) is 0 Å². The van der Waals surface area contributed by atoms with E-state index in [-0.39, 0.29) is 0 Å². The Morgan fingerprint density at radius 3 is 2.57 bits per heavy atom. The van der Waals surface area contributed by atoms with Crippen LogP contribution >= 0.6 is 11.6 Å². The highest BCUT2D eigenvalue weighted by molar-refractivity contribution is 6.32. The first-order chi connectivity index (χ1) is 11.1. The molecule has 0 spiro atoms. The fourth-order valence-corrected chi connectivity index (χ4v) is 2.13. The van der Waals surface area contributed by atoms with Gasteiger partial charge in [0, 0.05) is 12.6 Å². The van der Waals surface area contributed by atoms with E-state index in [1.165, 1.54) is 13.4 Å². The summed E-state index contributed by atoms with van der Waals surface area (Å²) in [6.45, 7) is 4.18. The molecule has 23 heavy (non-hydrogen) atoms. The fourth-order valence-electron chi connectivity index (χ4n) is 1.89. The first kappa shape index (κ1) is 16.7. The van der Waals surface area contributed by atoms with Crippen molar-refractivity contribution in [3.05, 3.63) is 36.1 Å². The molecule has 2 aromatic rings. The third kappa shape index (κ3) is 3.75. The number of anilines is 4. The number of nitrogen functional groups attached to an aromatic ring is 1. The van der Waals surface area contributed by atoms with Gasteiger partial charge in [0.1, 0.15) is 23.5 Å². The van der Waals surface area contributed by atoms with E-state index < -0.39 is 0 Å².